The molecule has 2 aromatic rings. The monoisotopic (exact) mass is 364 g/mol. The van der Waals surface area contributed by atoms with Crippen molar-refractivity contribution in [2.75, 3.05) is 11.4 Å². The third-order valence-corrected chi connectivity index (χ3v) is 5.36. The summed E-state index contributed by atoms with van der Waals surface area (Å²) in [6, 6.07) is 9.68. The number of aromatic nitrogens is 1. The first-order valence-electron chi connectivity index (χ1n) is 9.50. The number of hydrazone groups is 1. The van der Waals surface area contributed by atoms with Gasteiger partial charge in [0.2, 0.25) is 0 Å². The minimum absolute atomic E-state index is 0.153. The van der Waals surface area contributed by atoms with Gasteiger partial charge in [0, 0.05) is 24.0 Å². The van der Waals surface area contributed by atoms with Gasteiger partial charge in [0.25, 0.3) is 5.91 Å². The molecule has 1 aliphatic heterocycles. The topological polar surface area (TPSA) is 57.6 Å². The summed E-state index contributed by atoms with van der Waals surface area (Å²) in [4.78, 5) is 18.6. The molecule has 5 heteroatoms. The van der Waals surface area contributed by atoms with Gasteiger partial charge in [-0.25, -0.2) is 5.43 Å². The molecule has 1 unspecified atom stereocenters. The molecule has 0 spiro atoms. The maximum atomic E-state index is 12.1. The fraction of sp³-hybridized carbons (Fsp3) is 0.409. The van der Waals surface area contributed by atoms with Crippen LogP contribution in [0.4, 0.5) is 5.69 Å². The molecule has 1 amide bonds. The molecule has 5 nitrogen and oxygen atoms in total. The number of pyridine rings is 1. The number of fused-ring (bicyclic) bond motifs is 1. The lowest BCUT2D eigenvalue weighted by atomic mass is 9.79. The van der Waals surface area contributed by atoms with E-state index in [1.807, 2.05) is 0 Å². The van der Waals surface area contributed by atoms with Gasteiger partial charge >= 0.3 is 0 Å². The Morgan fingerprint density at radius 3 is 2.85 bits per heavy atom. The molecule has 1 atom stereocenters. The highest BCUT2D eigenvalue weighted by Crippen LogP contribution is 2.43. The van der Waals surface area contributed by atoms with E-state index in [-0.39, 0.29) is 11.4 Å². The number of amides is 1. The lowest BCUT2D eigenvalue weighted by Gasteiger charge is -2.47. The summed E-state index contributed by atoms with van der Waals surface area (Å²) >= 11 is 0. The van der Waals surface area contributed by atoms with Crippen LogP contribution in [0.15, 0.2) is 41.6 Å². The minimum atomic E-state index is -0.310. The quantitative estimate of drug-likeness (QED) is 0.651. The van der Waals surface area contributed by atoms with Crippen LogP contribution in [0.2, 0.25) is 0 Å². The lowest BCUT2D eigenvalue weighted by Crippen LogP contribution is -2.48. The summed E-state index contributed by atoms with van der Waals surface area (Å²) in [5, 5.41) is 4.14. The van der Waals surface area contributed by atoms with E-state index in [1.165, 1.54) is 11.3 Å². The van der Waals surface area contributed by atoms with Crippen molar-refractivity contribution < 1.29 is 4.79 Å². The maximum Gasteiger partial charge on any atom is 0.289 e. The van der Waals surface area contributed by atoms with Crippen LogP contribution in [0.3, 0.4) is 0 Å². The minimum Gasteiger partial charge on any atom is -0.366 e. The summed E-state index contributed by atoms with van der Waals surface area (Å²) in [6.07, 6.45) is 4.43. The molecule has 27 heavy (non-hydrogen) atoms. The Kier molecular flexibility index (Phi) is 5.31. The van der Waals surface area contributed by atoms with Crippen molar-refractivity contribution in [1.82, 2.24) is 10.4 Å². The second kappa shape index (κ2) is 7.51. The molecule has 1 N–H and O–H groups in total. The number of rotatable bonds is 4. The summed E-state index contributed by atoms with van der Waals surface area (Å²) < 4.78 is 0. The van der Waals surface area contributed by atoms with Crippen LogP contribution in [0.5, 0.6) is 0 Å². The van der Waals surface area contributed by atoms with E-state index in [1.54, 1.807) is 30.6 Å². The summed E-state index contributed by atoms with van der Waals surface area (Å²) in [7, 11) is 0. The zero-order valence-corrected chi connectivity index (χ0v) is 16.8. The predicted octanol–water partition coefficient (Wildman–Crippen LogP) is 4.27. The van der Waals surface area contributed by atoms with Crippen LogP contribution in [0.1, 0.15) is 67.2 Å². The molecule has 3 rings (SSSR count). The van der Waals surface area contributed by atoms with Crippen LogP contribution in [0.25, 0.3) is 0 Å². The second-order valence-corrected chi connectivity index (χ2v) is 7.84. The Labute approximate surface area is 161 Å². The molecule has 142 valence electrons. The van der Waals surface area contributed by atoms with Gasteiger partial charge < -0.3 is 4.90 Å². The van der Waals surface area contributed by atoms with Crippen molar-refractivity contribution in [2.45, 2.75) is 52.5 Å². The first kappa shape index (κ1) is 19.1. The van der Waals surface area contributed by atoms with Crippen LogP contribution >= 0.6 is 0 Å². The Morgan fingerprint density at radius 1 is 1.41 bits per heavy atom. The predicted molar refractivity (Wildman–Crippen MR) is 111 cm³/mol. The zero-order valence-electron chi connectivity index (χ0n) is 16.8. The molecule has 0 saturated carbocycles. The molecule has 0 bridgehead atoms. The highest BCUT2D eigenvalue weighted by Gasteiger charge is 2.35. The Morgan fingerprint density at radius 2 is 2.19 bits per heavy atom. The van der Waals surface area contributed by atoms with Gasteiger partial charge in [-0.3, -0.25) is 9.78 Å². The maximum absolute atomic E-state index is 12.1. The second-order valence-electron chi connectivity index (χ2n) is 7.84. The first-order valence-corrected chi connectivity index (χ1v) is 9.50. The Hall–Kier alpha value is -2.69. The SMILES string of the molecule is CCN1c2cc(C)c(/C=N\NC(=O)c3ccccn3)cc2C(C)CC1(C)C. The number of benzene rings is 1. The molecule has 0 aliphatic carbocycles. The van der Waals surface area contributed by atoms with Crippen molar-refractivity contribution >= 4 is 17.8 Å². The fourth-order valence-electron chi connectivity index (χ4n) is 4.10. The van der Waals surface area contributed by atoms with Crippen LogP contribution in [-0.2, 0) is 0 Å². The van der Waals surface area contributed by atoms with E-state index in [2.05, 4.69) is 67.2 Å². The molecular formula is C22H28N4O. The van der Waals surface area contributed by atoms with E-state index in [0.717, 1.165) is 24.1 Å². The Bertz CT molecular complexity index is 858. The van der Waals surface area contributed by atoms with Crippen LogP contribution < -0.4 is 10.3 Å². The van der Waals surface area contributed by atoms with E-state index >= 15 is 0 Å². The summed E-state index contributed by atoms with van der Waals surface area (Å²) in [6.45, 7) is 12.2. The van der Waals surface area contributed by atoms with Crippen molar-refractivity contribution in [3.8, 4) is 0 Å². The average Bonchev–Trinajstić information content (AvgIpc) is 2.63. The van der Waals surface area contributed by atoms with Crippen molar-refractivity contribution in [3.05, 3.63) is 58.9 Å². The average molecular weight is 364 g/mol. The highest BCUT2D eigenvalue weighted by molar-refractivity contribution is 5.93. The number of hydrogen-bond acceptors (Lipinski definition) is 4. The smallest absolute Gasteiger partial charge is 0.289 e. The first-order chi connectivity index (χ1) is 12.8. The van der Waals surface area contributed by atoms with Gasteiger partial charge in [0.05, 0.1) is 6.21 Å². The normalized spacial score (nSPS) is 18.4. The third-order valence-electron chi connectivity index (χ3n) is 5.36. The van der Waals surface area contributed by atoms with Gasteiger partial charge in [-0.1, -0.05) is 13.0 Å². The number of carbonyl (C=O) groups is 1. The van der Waals surface area contributed by atoms with Gasteiger partial charge in [-0.15, -0.1) is 0 Å². The van der Waals surface area contributed by atoms with E-state index < -0.39 is 0 Å². The molecular weight excluding hydrogens is 336 g/mol. The number of nitrogens with zero attached hydrogens (tertiary/aromatic N) is 3. The van der Waals surface area contributed by atoms with Crippen molar-refractivity contribution in [2.24, 2.45) is 5.10 Å². The van der Waals surface area contributed by atoms with Gasteiger partial charge in [-0.2, -0.15) is 5.10 Å². The highest BCUT2D eigenvalue weighted by atomic mass is 16.2. The lowest BCUT2D eigenvalue weighted by molar-refractivity contribution is 0.0950. The Balaban J connectivity index is 1.84. The molecule has 0 radical (unpaired) electrons. The van der Waals surface area contributed by atoms with E-state index in [4.69, 9.17) is 0 Å². The molecule has 2 heterocycles. The molecule has 0 fully saturated rings. The largest absolute Gasteiger partial charge is 0.366 e. The van der Waals surface area contributed by atoms with Crippen LogP contribution in [0, 0.1) is 6.92 Å². The number of aryl methyl sites for hydroxylation is 1. The van der Waals surface area contributed by atoms with Gasteiger partial charge in [-0.05, 0) is 81.0 Å². The standard InChI is InChI=1S/C22H28N4O/c1-6-26-20-11-15(2)17(12-18(20)16(3)13-22(26,4)5)14-24-25-21(27)19-9-7-8-10-23-19/h7-12,14,16H,6,13H2,1-5H3,(H,25,27)/b24-14-. The number of carbonyl (C=O) groups excluding carboxylic acids is 1. The molecule has 1 aromatic carbocycles. The number of hydrogen-bond donors (Lipinski definition) is 1. The summed E-state index contributed by atoms with van der Waals surface area (Å²) in [5.41, 5.74) is 7.89. The zero-order chi connectivity index (χ0) is 19.6. The van der Waals surface area contributed by atoms with E-state index in [0.29, 0.717) is 11.6 Å². The summed E-state index contributed by atoms with van der Waals surface area (Å²) in [5.74, 6) is 0.170. The van der Waals surface area contributed by atoms with E-state index in [9.17, 15) is 4.79 Å². The number of nitrogens with one attached hydrogen (secondary N) is 1. The van der Waals surface area contributed by atoms with Crippen molar-refractivity contribution in [3.63, 3.8) is 0 Å². The molecule has 1 aromatic heterocycles. The van der Waals surface area contributed by atoms with Crippen LogP contribution in [-0.4, -0.2) is 29.2 Å². The molecule has 0 saturated heterocycles. The van der Waals surface area contributed by atoms with Gasteiger partial charge in [0.1, 0.15) is 5.69 Å². The number of anilines is 1. The molecule has 1 aliphatic rings. The fourth-order valence-corrected chi connectivity index (χ4v) is 4.10. The third kappa shape index (κ3) is 3.87. The van der Waals surface area contributed by atoms with Gasteiger partial charge in [0.15, 0.2) is 0 Å². The van der Waals surface area contributed by atoms with Crippen molar-refractivity contribution in [1.29, 1.82) is 0 Å².